The number of rotatable bonds is 3. The number of likely N-dealkylation sites (tertiary alicyclic amines) is 1. The normalized spacial score (nSPS) is 20.6. The van der Waals surface area contributed by atoms with Crippen LogP contribution in [-0.4, -0.2) is 44.2 Å². The number of alkyl halides is 3. The molecule has 2 saturated heterocycles. The summed E-state index contributed by atoms with van der Waals surface area (Å²) in [4.78, 5) is 4.45. The summed E-state index contributed by atoms with van der Waals surface area (Å²) in [7, 11) is 0. The van der Waals surface area contributed by atoms with E-state index in [2.05, 4.69) is 15.1 Å². The molecule has 122 valence electrons. The van der Waals surface area contributed by atoms with Crippen molar-refractivity contribution in [2.75, 3.05) is 44.2 Å². The van der Waals surface area contributed by atoms with Crippen molar-refractivity contribution in [2.24, 2.45) is 0 Å². The molecule has 3 nitrogen and oxygen atoms in total. The van der Waals surface area contributed by atoms with Gasteiger partial charge in [0, 0.05) is 38.4 Å². The van der Waals surface area contributed by atoms with Crippen LogP contribution >= 0.6 is 0 Å². The fraction of sp³-hybridized carbons (Fsp3) is 0.625. The first-order valence-electron chi connectivity index (χ1n) is 7.92. The number of halogens is 3. The Labute approximate surface area is 129 Å². The van der Waals surface area contributed by atoms with Gasteiger partial charge in [-0.3, -0.25) is 4.90 Å². The van der Waals surface area contributed by atoms with Gasteiger partial charge in [-0.25, -0.2) is 0 Å². The molecular weight excluding hydrogens is 291 g/mol. The molecule has 0 aromatic heterocycles. The van der Waals surface area contributed by atoms with E-state index in [-0.39, 0.29) is 0 Å². The van der Waals surface area contributed by atoms with Gasteiger partial charge >= 0.3 is 6.18 Å². The van der Waals surface area contributed by atoms with Crippen molar-refractivity contribution in [3.63, 3.8) is 0 Å². The van der Waals surface area contributed by atoms with E-state index in [1.54, 1.807) is 6.07 Å². The van der Waals surface area contributed by atoms with Crippen molar-refractivity contribution in [2.45, 2.75) is 25.6 Å². The first-order chi connectivity index (χ1) is 10.5. The van der Waals surface area contributed by atoms with E-state index >= 15 is 0 Å². The fourth-order valence-corrected chi connectivity index (χ4v) is 3.28. The molecule has 0 amide bonds. The molecule has 0 radical (unpaired) electrons. The molecule has 6 heteroatoms. The highest BCUT2D eigenvalue weighted by molar-refractivity contribution is 5.56. The number of benzene rings is 1. The first kappa shape index (κ1) is 15.6. The van der Waals surface area contributed by atoms with Crippen LogP contribution in [0.3, 0.4) is 0 Å². The van der Waals surface area contributed by atoms with Crippen molar-refractivity contribution in [1.82, 2.24) is 10.2 Å². The first-order valence-corrected chi connectivity index (χ1v) is 7.92. The second kappa shape index (κ2) is 6.46. The van der Waals surface area contributed by atoms with Gasteiger partial charge in [0.15, 0.2) is 0 Å². The number of nitrogens with zero attached hydrogens (tertiary/aromatic N) is 2. The molecule has 0 saturated carbocycles. The Morgan fingerprint density at radius 2 is 1.68 bits per heavy atom. The van der Waals surface area contributed by atoms with Crippen molar-refractivity contribution >= 4 is 5.69 Å². The lowest BCUT2D eigenvalue weighted by Crippen LogP contribution is -2.44. The lowest BCUT2D eigenvalue weighted by atomic mass is 10.1. The van der Waals surface area contributed by atoms with Crippen LogP contribution in [0.1, 0.15) is 24.0 Å². The number of hydrogen-bond acceptors (Lipinski definition) is 3. The summed E-state index contributed by atoms with van der Waals surface area (Å²) in [6.45, 7) is 6.03. The highest BCUT2D eigenvalue weighted by atomic mass is 19.4. The number of anilines is 1. The van der Waals surface area contributed by atoms with Crippen LogP contribution in [0.25, 0.3) is 0 Å². The highest BCUT2D eigenvalue weighted by Gasteiger charge is 2.31. The van der Waals surface area contributed by atoms with Crippen LogP contribution in [0.5, 0.6) is 0 Å². The second-order valence-corrected chi connectivity index (χ2v) is 6.06. The molecule has 1 aromatic rings. The lowest BCUT2D eigenvalue weighted by molar-refractivity contribution is -0.137. The van der Waals surface area contributed by atoms with Crippen LogP contribution in [0.15, 0.2) is 18.2 Å². The summed E-state index contributed by atoms with van der Waals surface area (Å²) in [5, 5.41) is 3.28. The van der Waals surface area contributed by atoms with Crippen LogP contribution in [0, 0.1) is 0 Å². The summed E-state index contributed by atoms with van der Waals surface area (Å²) in [6.07, 6.45) is -1.99. The standard InChI is InChI=1S/C16H22F3N3/c17-16(18,19)14-3-4-15(22-9-5-20-6-10-22)13(11-14)12-21-7-1-2-8-21/h3-4,11,20H,1-2,5-10,12H2. The highest BCUT2D eigenvalue weighted by Crippen LogP contribution is 2.34. The summed E-state index contributed by atoms with van der Waals surface area (Å²) in [6, 6.07) is 4.21. The summed E-state index contributed by atoms with van der Waals surface area (Å²) in [5.74, 6) is 0. The molecule has 2 aliphatic heterocycles. The van der Waals surface area contributed by atoms with E-state index in [9.17, 15) is 13.2 Å². The number of piperazine rings is 1. The molecule has 0 aliphatic carbocycles. The minimum Gasteiger partial charge on any atom is -0.369 e. The molecule has 0 atom stereocenters. The molecule has 3 rings (SSSR count). The van der Waals surface area contributed by atoms with Crippen LogP contribution < -0.4 is 10.2 Å². The Morgan fingerprint density at radius 3 is 2.32 bits per heavy atom. The van der Waals surface area contributed by atoms with Crippen LogP contribution in [0.4, 0.5) is 18.9 Å². The smallest absolute Gasteiger partial charge is 0.369 e. The third-order valence-corrected chi connectivity index (χ3v) is 4.46. The Balaban J connectivity index is 1.89. The number of nitrogens with one attached hydrogen (secondary N) is 1. The van der Waals surface area contributed by atoms with E-state index in [4.69, 9.17) is 0 Å². The predicted octanol–water partition coefficient (Wildman–Crippen LogP) is 2.71. The molecule has 2 fully saturated rings. The zero-order valence-corrected chi connectivity index (χ0v) is 12.6. The summed E-state index contributed by atoms with van der Waals surface area (Å²) < 4.78 is 39.1. The molecular formula is C16H22F3N3. The van der Waals surface area contributed by atoms with Crippen molar-refractivity contribution in [3.8, 4) is 0 Å². The SMILES string of the molecule is FC(F)(F)c1ccc(N2CCNCC2)c(CN2CCCC2)c1. The Bertz CT molecular complexity index is 504. The average Bonchev–Trinajstić information content (AvgIpc) is 3.00. The molecule has 0 bridgehead atoms. The zero-order chi connectivity index (χ0) is 15.6. The van der Waals surface area contributed by atoms with Gasteiger partial charge in [0.1, 0.15) is 0 Å². The maximum absolute atomic E-state index is 13.0. The van der Waals surface area contributed by atoms with Crippen LogP contribution in [-0.2, 0) is 12.7 Å². The van der Waals surface area contributed by atoms with E-state index < -0.39 is 11.7 Å². The van der Waals surface area contributed by atoms with Gasteiger partial charge in [-0.15, -0.1) is 0 Å². The summed E-state index contributed by atoms with van der Waals surface area (Å²) >= 11 is 0. The van der Waals surface area contributed by atoms with Gasteiger partial charge in [0.25, 0.3) is 0 Å². The zero-order valence-electron chi connectivity index (χ0n) is 12.6. The van der Waals surface area contributed by atoms with Crippen molar-refractivity contribution in [1.29, 1.82) is 0 Å². The third-order valence-electron chi connectivity index (χ3n) is 4.46. The quantitative estimate of drug-likeness (QED) is 0.926. The van der Waals surface area contributed by atoms with Gasteiger partial charge in [-0.05, 0) is 49.7 Å². The van der Waals surface area contributed by atoms with Gasteiger partial charge in [-0.2, -0.15) is 13.2 Å². The van der Waals surface area contributed by atoms with Gasteiger partial charge in [0.05, 0.1) is 5.56 Å². The van der Waals surface area contributed by atoms with Crippen molar-refractivity contribution < 1.29 is 13.2 Å². The molecule has 1 aromatic carbocycles. The minimum atomic E-state index is -4.28. The maximum atomic E-state index is 13.0. The topological polar surface area (TPSA) is 18.5 Å². The average molecular weight is 313 g/mol. The Hall–Kier alpha value is -1.27. The van der Waals surface area contributed by atoms with E-state index in [1.807, 2.05) is 0 Å². The molecule has 2 heterocycles. The minimum absolute atomic E-state index is 0.541. The monoisotopic (exact) mass is 313 g/mol. The third kappa shape index (κ3) is 3.55. The molecule has 1 N–H and O–H groups in total. The Kier molecular flexibility index (Phi) is 4.59. The Morgan fingerprint density at radius 1 is 1.00 bits per heavy atom. The van der Waals surface area contributed by atoms with Crippen molar-refractivity contribution in [3.05, 3.63) is 29.3 Å². The molecule has 0 spiro atoms. The van der Waals surface area contributed by atoms with E-state index in [1.165, 1.54) is 12.1 Å². The van der Waals surface area contributed by atoms with E-state index in [0.29, 0.717) is 6.54 Å². The predicted molar refractivity (Wildman–Crippen MR) is 81.0 cm³/mol. The molecule has 2 aliphatic rings. The van der Waals surface area contributed by atoms with Crippen LogP contribution in [0.2, 0.25) is 0 Å². The number of hydrogen-bond donors (Lipinski definition) is 1. The second-order valence-electron chi connectivity index (χ2n) is 6.06. The van der Waals surface area contributed by atoms with E-state index in [0.717, 1.165) is 63.4 Å². The van der Waals surface area contributed by atoms with Gasteiger partial charge < -0.3 is 10.2 Å². The lowest BCUT2D eigenvalue weighted by Gasteiger charge is -2.32. The molecule has 22 heavy (non-hydrogen) atoms. The largest absolute Gasteiger partial charge is 0.416 e. The van der Waals surface area contributed by atoms with Gasteiger partial charge in [0.2, 0.25) is 0 Å². The van der Waals surface area contributed by atoms with Gasteiger partial charge in [-0.1, -0.05) is 0 Å². The molecule has 0 unspecified atom stereocenters. The summed E-state index contributed by atoms with van der Waals surface area (Å²) in [5.41, 5.74) is 1.22. The fourth-order valence-electron chi connectivity index (χ4n) is 3.28. The maximum Gasteiger partial charge on any atom is 0.416 e.